The molecule has 0 spiro atoms. The van der Waals surface area contributed by atoms with Crippen LogP contribution in [0.2, 0.25) is 0 Å². The summed E-state index contributed by atoms with van der Waals surface area (Å²) in [6.45, 7) is 15.6. The van der Waals surface area contributed by atoms with Gasteiger partial charge in [-0.15, -0.1) is 0 Å². The van der Waals surface area contributed by atoms with Gasteiger partial charge in [0.25, 0.3) is 5.56 Å². The van der Waals surface area contributed by atoms with Crippen LogP contribution in [-0.4, -0.2) is 23.4 Å². The molecule has 0 amide bonds. The van der Waals surface area contributed by atoms with E-state index in [0.717, 1.165) is 52.7 Å². The minimum Gasteiger partial charge on any atom is -0.372 e. The Balaban J connectivity index is 1.41. The van der Waals surface area contributed by atoms with Crippen LogP contribution in [0.3, 0.4) is 0 Å². The zero-order valence-electron chi connectivity index (χ0n) is 23.4. The number of benzene rings is 2. The predicted octanol–water partition coefficient (Wildman–Crippen LogP) is 5.74. The van der Waals surface area contributed by atoms with Gasteiger partial charge in [-0.1, -0.05) is 67.1 Å². The van der Waals surface area contributed by atoms with Crippen molar-refractivity contribution in [1.82, 2.24) is 4.57 Å². The highest BCUT2D eigenvalue weighted by atomic mass is 16.1. The van der Waals surface area contributed by atoms with E-state index < -0.39 is 0 Å². The Kier molecular flexibility index (Phi) is 8.83. The zero-order chi connectivity index (χ0) is 27.2. The Morgan fingerprint density at radius 1 is 1.05 bits per heavy atom. The monoisotopic (exact) mass is 507 g/mol. The number of hydrogen-bond donors (Lipinski definition) is 1. The second-order valence-electron chi connectivity index (χ2n) is 11.0. The van der Waals surface area contributed by atoms with Gasteiger partial charge in [0.15, 0.2) is 0 Å². The molecule has 2 aromatic carbocycles. The van der Waals surface area contributed by atoms with Crippen molar-refractivity contribution in [2.45, 2.75) is 59.9 Å². The summed E-state index contributed by atoms with van der Waals surface area (Å²) in [5.41, 5.74) is 7.51. The van der Waals surface area contributed by atoms with Crippen molar-refractivity contribution >= 4 is 24.1 Å². The molecule has 0 bridgehead atoms. The SMILES string of the molecule is C=c1c(=CCC=C(C)CC(=N)c2ccc(N3CCC(C)CC3)cc2)ccc(=O)n1Cc1cc(C)ccc1C. The maximum Gasteiger partial charge on any atom is 0.251 e. The van der Waals surface area contributed by atoms with Crippen molar-refractivity contribution in [2.24, 2.45) is 5.92 Å². The Morgan fingerprint density at radius 3 is 2.47 bits per heavy atom. The molecule has 3 aromatic rings. The molecule has 4 rings (SSSR count). The van der Waals surface area contributed by atoms with Gasteiger partial charge in [-0.25, -0.2) is 0 Å². The molecule has 1 aliphatic rings. The van der Waals surface area contributed by atoms with Gasteiger partial charge < -0.3 is 14.9 Å². The molecule has 0 atom stereocenters. The Bertz CT molecular complexity index is 1490. The van der Waals surface area contributed by atoms with Crippen molar-refractivity contribution in [3.63, 3.8) is 0 Å². The first-order chi connectivity index (χ1) is 18.2. The van der Waals surface area contributed by atoms with E-state index in [9.17, 15) is 4.79 Å². The second-order valence-corrected chi connectivity index (χ2v) is 11.0. The first-order valence-corrected chi connectivity index (χ1v) is 13.7. The van der Waals surface area contributed by atoms with E-state index >= 15 is 0 Å². The number of rotatable bonds is 8. The first-order valence-electron chi connectivity index (χ1n) is 13.7. The number of nitrogens with one attached hydrogen (secondary N) is 1. The molecule has 198 valence electrons. The lowest BCUT2D eigenvalue weighted by molar-refractivity contribution is 0.438. The number of aromatic nitrogens is 1. The summed E-state index contributed by atoms with van der Waals surface area (Å²) in [5.74, 6) is 0.820. The summed E-state index contributed by atoms with van der Waals surface area (Å²) >= 11 is 0. The van der Waals surface area contributed by atoms with Gasteiger partial charge in [-0.2, -0.15) is 0 Å². The van der Waals surface area contributed by atoms with Crippen molar-refractivity contribution in [1.29, 1.82) is 5.41 Å². The van der Waals surface area contributed by atoms with E-state index in [1.54, 1.807) is 10.6 Å². The molecule has 1 aliphatic heterocycles. The minimum atomic E-state index is -0.0332. The van der Waals surface area contributed by atoms with Gasteiger partial charge >= 0.3 is 0 Å². The number of aryl methyl sites for hydroxylation is 2. The van der Waals surface area contributed by atoms with Crippen LogP contribution in [0.4, 0.5) is 5.69 Å². The smallest absolute Gasteiger partial charge is 0.251 e. The summed E-state index contributed by atoms with van der Waals surface area (Å²) in [6.07, 6.45) is 8.14. The highest BCUT2D eigenvalue weighted by Crippen LogP contribution is 2.23. The van der Waals surface area contributed by atoms with Crippen LogP contribution >= 0.6 is 0 Å². The van der Waals surface area contributed by atoms with Gasteiger partial charge in [0.05, 0.1) is 6.54 Å². The topological polar surface area (TPSA) is 49.1 Å². The third-order valence-corrected chi connectivity index (χ3v) is 7.79. The minimum absolute atomic E-state index is 0.0332. The van der Waals surface area contributed by atoms with Gasteiger partial charge in [-0.3, -0.25) is 4.79 Å². The van der Waals surface area contributed by atoms with Gasteiger partial charge in [-0.05, 0) is 86.1 Å². The third kappa shape index (κ3) is 6.80. The molecule has 1 N–H and O–H groups in total. The predicted molar refractivity (Wildman–Crippen MR) is 162 cm³/mol. The lowest BCUT2D eigenvalue weighted by Gasteiger charge is -2.32. The fourth-order valence-electron chi connectivity index (χ4n) is 5.12. The van der Waals surface area contributed by atoms with Crippen LogP contribution in [0.1, 0.15) is 61.8 Å². The Morgan fingerprint density at radius 2 is 1.76 bits per heavy atom. The summed E-state index contributed by atoms with van der Waals surface area (Å²) in [6, 6.07) is 18.3. The van der Waals surface area contributed by atoms with E-state index in [1.165, 1.54) is 29.7 Å². The molecule has 38 heavy (non-hydrogen) atoms. The Labute approximate surface area is 227 Å². The fraction of sp³-hybridized carbons (Fsp3) is 0.353. The van der Waals surface area contributed by atoms with E-state index in [4.69, 9.17) is 5.41 Å². The van der Waals surface area contributed by atoms with Gasteiger partial charge in [0, 0.05) is 42.3 Å². The zero-order valence-corrected chi connectivity index (χ0v) is 23.4. The van der Waals surface area contributed by atoms with Crippen LogP contribution in [0.25, 0.3) is 12.7 Å². The molecular weight excluding hydrogens is 466 g/mol. The van der Waals surface area contributed by atoms with Crippen molar-refractivity contribution in [3.8, 4) is 0 Å². The van der Waals surface area contributed by atoms with Crippen molar-refractivity contribution in [2.75, 3.05) is 18.0 Å². The first kappa shape index (κ1) is 27.4. The summed E-state index contributed by atoms with van der Waals surface area (Å²) in [5, 5.41) is 10.3. The highest BCUT2D eigenvalue weighted by molar-refractivity contribution is 5.99. The van der Waals surface area contributed by atoms with Crippen molar-refractivity contribution < 1.29 is 0 Å². The highest BCUT2D eigenvalue weighted by Gasteiger charge is 2.16. The average molecular weight is 508 g/mol. The normalized spacial score (nSPS) is 15.2. The molecular formula is C34H41N3O. The summed E-state index contributed by atoms with van der Waals surface area (Å²) in [7, 11) is 0. The van der Waals surface area contributed by atoms with E-state index in [0.29, 0.717) is 18.7 Å². The van der Waals surface area contributed by atoms with Crippen LogP contribution in [0.5, 0.6) is 0 Å². The van der Waals surface area contributed by atoms with Crippen LogP contribution in [0.15, 0.2) is 71.0 Å². The van der Waals surface area contributed by atoms with Crippen molar-refractivity contribution in [3.05, 3.63) is 109 Å². The molecule has 4 nitrogen and oxygen atoms in total. The molecule has 2 heterocycles. The maximum absolute atomic E-state index is 12.6. The number of piperidine rings is 1. The molecule has 1 aromatic heterocycles. The van der Waals surface area contributed by atoms with Crippen LogP contribution in [-0.2, 0) is 6.54 Å². The van der Waals surface area contributed by atoms with E-state index in [2.05, 4.69) is 93.8 Å². The van der Waals surface area contributed by atoms with E-state index in [-0.39, 0.29) is 5.56 Å². The number of nitrogens with zero attached hydrogens (tertiary/aromatic N) is 2. The molecule has 1 fully saturated rings. The number of hydrogen-bond acceptors (Lipinski definition) is 3. The largest absolute Gasteiger partial charge is 0.372 e. The Hall–Kier alpha value is -3.66. The number of anilines is 1. The fourth-order valence-corrected chi connectivity index (χ4v) is 5.12. The summed E-state index contributed by atoms with van der Waals surface area (Å²) in [4.78, 5) is 15.1. The molecule has 0 radical (unpaired) electrons. The summed E-state index contributed by atoms with van der Waals surface area (Å²) < 4.78 is 1.76. The maximum atomic E-state index is 12.6. The lowest BCUT2D eigenvalue weighted by Crippen LogP contribution is -2.42. The second kappa shape index (κ2) is 12.3. The molecule has 0 aliphatic carbocycles. The quantitative estimate of drug-likeness (QED) is 0.312. The molecule has 4 heteroatoms. The molecule has 0 saturated carbocycles. The lowest BCUT2D eigenvalue weighted by atomic mass is 9.98. The standard InChI is InChI=1S/C34H41N3O/c1-24-17-19-36(20-18-24)32-14-11-30(12-15-32)33(35)22-25(2)7-6-8-29-13-16-34(38)37(28(29)5)23-31-21-26(3)9-10-27(31)4/h7-16,21,24,35H,5-6,17-20,22-23H2,1-4H3. The van der Waals surface area contributed by atoms with Crippen LogP contribution in [0, 0.1) is 25.2 Å². The number of allylic oxidation sites excluding steroid dienone is 2. The number of pyridine rings is 1. The van der Waals surface area contributed by atoms with E-state index in [1.807, 2.05) is 6.07 Å². The average Bonchev–Trinajstić information content (AvgIpc) is 2.90. The third-order valence-electron chi connectivity index (χ3n) is 7.79. The van der Waals surface area contributed by atoms with Gasteiger partial charge in [0.2, 0.25) is 0 Å². The molecule has 0 unspecified atom stereocenters. The molecule has 1 saturated heterocycles. The van der Waals surface area contributed by atoms with Gasteiger partial charge in [0.1, 0.15) is 0 Å². The van der Waals surface area contributed by atoms with Crippen LogP contribution < -0.4 is 21.0 Å².